The predicted octanol–water partition coefficient (Wildman–Crippen LogP) is 21.5. The van der Waals surface area contributed by atoms with Crippen molar-refractivity contribution < 1.29 is 52.5 Å². The molecule has 150 heavy (non-hydrogen) atoms. The number of unbranched alkanes of at least 4 members (excludes halogenated alkanes) is 1. The van der Waals surface area contributed by atoms with Gasteiger partial charge in [0.15, 0.2) is 0 Å². The van der Waals surface area contributed by atoms with E-state index in [0.29, 0.717) is 145 Å². The smallest absolute Gasteiger partial charge is 0.251 e. The number of fused-ring (bicyclic) bond motifs is 6. The maximum absolute atomic E-state index is 12.4. The van der Waals surface area contributed by atoms with E-state index in [1.54, 1.807) is 58.2 Å². The molecular formula is C115H118Cl6N18O11. The first-order valence-corrected chi connectivity index (χ1v) is 51.7. The van der Waals surface area contributed by atoms with Crippen LogP contribution < -0.4 is 31.9 Å². The lowest BCUT2D eigenvalue weighted by molar-refractivity contribution is -0.0978. The quantitative estimate of drug-likeness (QED) is 0.0199. The monoisotopic (exact) mass is 2140 g/mol. The standard InChI is InChI=1S/2C20H20ClN3O2.2C19H20ClN3O2.C19H20ClN3O.C18H18ClN3O2/c1-20(11-26-12-20)10-22-19(25)15-4-7-18-17(8-15)23-13-24(18)9-14-2-5-16(21)6-3-14;21-16-4-1-14(2-5-16)12-24-13-23-18-11-15(3-6-19(18)24)20(25)22-9-7-17-8-10-26-17;1-13(11-25-2)22-19(24)15-5-8-18-17(9-15)21-12-23(18)10-14-3-6-16(20)7-4-14;1-2-25-10-9-21-19(24)15-5-8-18-17(11-15)22-13-23(18)12-14-3-6-16(20)7-4-14;1-2-3-10-21-19(24)15-6-9-18-17(11-15)22-13-23(18)12-14-4-7-16(20)8-5-14;1-24-9-8-20-18(23)14-4-7-17-16(10-14)21-12-22(17)11-13-2-5-15(19)6-3-13/h2-8,13H,9-12H2,1H3,(H,22,25);1-6,11,13,17H,7-10,12H2,(H,22,25);3-9,12-13H,10-11H2,1-2H3,(H,22,24);3-8,11,13H,2,9-10,12H2,1H3,(H,21,24);4-9,11,13H,2-3,10,12H2,1H3,(H,21,24);2-7,10,12H,8-9,11H2,1H3,(H,20,23)/t;17-;13-;;;/m.00.../s1. The lowest BCUT2D eigenvalue weighted by atomic mass is 9.88. The number of aromatic nitrogens is 12. The van der Waals surface area contributed by atoms with Crippen molar-refractivity contribution in [2.75, 3.05) is 93.2 Å². The van der Waals surface area contributed by atoms with Crippen molar-refractivity contribution in [3.05, 3.63) is 390 Å². The molecule has 12 aromatic carbocycles. The molecule has 29 nitrogen and oxygen atoms in total. The highest BCUT2D eigenvalue weighted by Crippen LogP contribution is 2.30. The number of benzene rings is 12. The largest absolute Gasteiger partial charge is 0.383 e. The van der Waals surface area contributed by atoms with Crippen LogP contribution in [0.1, 0.15) is 149 Å². The van der Waals surface area contributed by atoms with Crippen molar-refractivity contribution in [2.24, 2.45) is 5.41 Å². The molecule has 0 radical (unpaired) electrons. The van der Waals surface area contributed by atoms with E-state index < -0.39 is 0 Å². The maximum Gasteiger partial charge on any atom is 0.251 e. The Morgan fingerprint density at radius 2 is 0.627 bits per heavy atom. The van der Waals surface area contributed by atoms with Crippen LogP contribution in [0.4, 0.5) is 0 Å². The van der Waals surface area contributed by atoms with Gasteiger partial charge < -0.3 is 83.0 Å². The second-order valence-corrected chi connectivity index (χ2v) is 39.3. The van der Waals surface area contributed by atoms with E-state index in [1.165, 1.54) is 0 Å². The van der Waals surface area contributed by atoms with Crippen LogP contribution in [0.2, 0.25) is 30.1 Å². The molecule has 18 aromatic rings. The van der Waals surface area contributed by atoms with Crippen molar-refractivity contribution in [1.82, 2.24) is 89.2 Å². The number of hydrogen-bond donors (Lipinski definition) is 6. The zero-order valence-corrected chi connectivity index (χ0v) is 88.6. The van der Waals surface area contributed by atoms with Crippen molar-refractivity contribution in [3.63, 3.8) is 0 Å². The number of imidazole rings is 6. The van der Waals surface area contributed by atoms with E-state index in [0.717, 1.165) is 169 Å². The third kappa shape index (κ3) is 31.3. The second-order valence-electron chi connectivity index (χ2n) is 36.7. The molecule has 2 atom stereocenters. The second kappa shape index (κ2) is 54.3. The Labute approximate surface area is 899 Å². The van der Waals surface area contributed by atoms with E-state index >= 15 is 0 Å². The summed E-state index contributed by atoms with van der Waals surface area (Å²) < 4.78 is 38.1. The van der Waals surface area contributed by atoms with E-state index in [4.69, 9.17) is 93.3 Å². The van der Waals surface area contributed by atoms with Crippen molar-refractivity contribution in [2.45, 2.75) is 105 Å². The molecule has 0 spiro atoms. The minimum Gasteiger partial charge on any atom is -0.383 e. The zero-order valence-electron chi connectivity index (χ0n) is 84.0. The normalized spacial score (nSPS) is 12.9. The van der Waals surface area contributed by atoms with Gasteiger partial charge in [-0.2, -0.15) is 0 Å². The Balaban J connectivity index is 0.000000135. The molecule has 2 aliphatic rings. The first kappa shape index (κ1) is 110. The first-order chi connectivity index (χ1) is 72.8. The summed E-state index contributed by atoms with van der Waals surface area (Å²) in [5.74, 6) is -0.558. The topological polar surface area (TPSA) is 328 Å². The molecule has 0 aliphatic carbocycles. The number of halogens is 6. The van der Waals surface area contributed by atoms with Gasteiger partial charge >= 0.3 is 0 Å². The Hall–Kier alpha value is -14.2. The van der Waals surface area contributed by atoms with Gasteiger partial charge in [0.05, 0.1) is 143 Å². The molecular weight excluding hydrogens is 2020 g/mol. The van der Waals surface area contributed by atoms with Crippen LogP contribution in [0, 0.1) is 5.41 Å². The summed E-state index contributed by atoms with van der Waals surface area (Å²) in [7, 11) is 3.22. The molecule has 0 unspecified atom stereocenters. The lowest BCUT2D eigenvalue weighted by Gasteiger charge is -2.38. The van der Waals surface area contributed by atoms with Crippen LogP contribution >= 0.6 is 69.6 Å². The van der Waals surface area contributed by atoms with Crippen LogP contribution in [-0.2, 0) is 63.0 Å². The number of rotatable bonds is 36. The number of nitrogens with one attached hydrogen (secondary N) is 6. The number of methoxy groups -OCH3 is 2. The summed E-state index contributed by atoms with van der Waals surface area (Å²) in [6, 6.07) is 80.0. The van der Waals surface area contributed by atoms with Gasteiger partial charge in [0.25, 0.3) is 35.4 Å². The molecule has 6 amide bonds. The molecule has 20 rings (SSSR count). The molecule has 0 saturated carbocycles. The highest BCUT2D eigenvalue weighted by molar-refractivity contribution is 6.32. The highest BCUT2D eigenvalue weighted by atomic mass is 35.5. The minimum absolute atomic E-state index is 0.0439. The molecule has 776 valence electrons. The van der Waals surface area contributed by atoms with E-state index in [1.807, 2.05) is 272 Å². The van der Waals surface area contributed by atoms with E-state index in [-0.39, 0.29) is 46.9 Å². The number of nitrogens with zero attached hydrogens (tertiary/aromatic N) is 12. The fourth-order valence-electron chi connectivity index (χ4n) is 16.5. The Morgan fingerprint density at radius 1 is 0.360 bits per heavy atom. The van der Waals surface area contributed by atoms with Gasteiger partial charge in [0.2, 0.25) is 0 Å². The minimum atomic E-state index is -0.126. The Morgan fingerprint density at radius 3 is 0.873 bits per heavy atom. The van der Waals surface area contributed by atoms with Gasteiger partial charge in [0.1, 0.15) is 0 Å². The summed E-state index contributed by atoms with van der Waals surface area (Å²) in [5, 5.41) is 21.8. The number of hydrogen-bond acceptors (Lipinski definition) is 17. The van der Waals surface area contributed by atoms with Gasteiger partial charge in [-0.25, -0.2) is 29.9 Å². The fraction of sp³-hybridized carbons (Fsp3) is 0.270. The van der Waals surface area contributed by atoms with Crippen molar-refractivity contribution in [3.8, 4) is 0 Å². The lowest BCUT2D eigenvalue weighted by Crippen LogP contribution is -2.48. The van der Waals surface area contributed by atoms with Crippen LogP contribution in [0.25, 0.3) is 66.2 Å². The van der Waals surface area contributed by atoms with Gasteiger partial charge in [-0.1, -0.05) is 163 Å². The molecule has 2 saturated heterocycles. The van der Waals surface area contributed by atoms with Gasteiger partial charge in [-0.15, -0.1) is 0 Å². The van der Waals surface area contributed by atoms with Crippen molar-refractivity contribution >= 4 is 171 Å². The summed E-state index contributed by atoms with van der Waals surface area (Å²) in [5.41, 5.74) is 21.4. The molecule has 6 aromatic heterocycles. The molecule has 6 N–H and O–H groups in total. The number of carbonyl (C=O) groups is 6. The zero-order chi connectivity index (χ0) is 105. The number of ether oxygens (including phenoxy) is 5. The van der Waals surface area contributed by atoms with Gasteiger partial charge in [-0.05, 0) is 248 Å². The molecule has 35 heteroatoms. The third-order valence-corrected chi connectivity index (χ3v) is 26.5. The molecule has 2 aliphatic heterocycles. The van der Waals surface area contributed by atoms with E-state index in [2.05, 4.69) is 93.9 Å². The van der Waals surface area contributed by atoms with Crippen LogP contribution in [0.15, 0.2) is 293 Å². The summed E-state index contributed by atoms with van der Waals surface area (Å²) >= 11 is 35.6. The fourth-order valence-corrected chi connectivity index (χ4v) is 17.3. The van der Waals surface area contributed by atoms with Gasteiger partial charge in [-0.3, -0.25) is 28.8 Å². The highest BCUT2D eigenvalue weighted by Gasteiger charge is 2.34. The average molecular weight is 2140 g/mol. The summed E-state index contributed by atoms with van der Waals surface area (Å²) in [4.78, 5) is 99.9. The third-order valence-electron chi connectivity index (χ3n) is 25.0. The maximum atomic E-state index is 12.4. The SMILES string of the molecule is CC1(CNC(=O)c2ccc3c(c2)ncn3Cc2ccc(Cl)cc2)COC1.CCCCNC(=O)c1ccc2c(c1)ncn2Cc1ccc(Cl)cc1.CCOCCNC(=O)c1ccc2c(c1)ncn2Cc1ccc(Cl)cc1.COCCNC(=O)c1ccc2c(c1)ncn2Cc1ccc(Cl)cc1.COC[C@H](C)NC(=O)c1ccc2c(c1)ncn2Cc1ccc(Cl)cc1.O=C(NCC[C@H]1CCO1)c1ccc2c(c1)ncn2Cc1ccc(Cl)cc1. The Bertz CT molecular complexity index is 7440. The van der Waals surface area contributed by atoms with Crippen molar-refractivity contribution in [1.29, 1.82) is 0 Å². The van der Waals surface area contributed by atoms with Crippen LogP contribution in [0.3, 0.4) is 0 Å². The Kier molecular flexibility index (Phi) is 39.8. The summed E-state index contributed by atoms with van der Waals surface area (Å²) in [6.45, 7) is 19.6. The number of amides is 6. The van der Waals surface area contributed by atoms with Gasteiger partial charge in [0, 0.05) is 174 Å². The van der Waals surface area contributed by atoms with Crippen LogP contribution in [0.5, 0.6) is 0 Å². The molecule has 2 fully saturated rings. The number of carbonyl (C=O) groups excluding carboxylic acids is 6. The average Bonchev–Trinajstić information content (AvgIpc) is 1.68. The van der Waals surface area contributed by atoms with E-state index in [9.17, 15) is 28.8 Å². The molecule has 8 heterocycles. The first-order valence-electron chi connectivity index (χ1n) is 49.4. The summed E-state index contributed by atoms with van der Waals surface area (Å²) in [6.07, 6.45) is 15.1. The predicted molar refractivity (Wildman–Crippen MR) is 593 cm³/mol. The molecule has 0 bridgehead atoms. The van der Waals surface area contributed by atoms with Crippen LogP contribution in [-0.4, -0.2) is 198 Å².